The first kappa shape index (κ1) is 11.0. The fourth-order valence-corrected chi connectivity index (χ4v) is 1.57. The summed E-state index contributed by atoms with van der Waals surface area (Å²) in [6, 6.07) is 7.59. The van der Waals surface area contributed by atoms with Crippen LogP contribution in [0.3, 0.4) is 0 Å². The van der Waals surface area contributed by atoms with Gasteiger partial charge in [0.1, 0.15) is 0 Å². The maximum absolute atomic E-state index is 11.2. The molecule has 3 N–H and O–H groups in total. The molecule has 0 saturated heterocycles. The van der Waals surface area contributed by atoms with E-state index < -0.39 is 6.04 Å². The molecule has 0 aromatic heterocycles. The third kappa shape index (κ3) is 2.05. The Hall–Kier alpha value is -1.06. The van der Waals surface area contributed by atoms with Gasteiger partial charge >= 0.3 is 0 Å². The number of halogens is 1. The van der Waals surface area contributed by atoms with Gasteiger partial charge in [-0.1, -0.05) is 24.3 Å². The molecule has 1 aliphatic rings. The minimum absolute atomic E-state index is 0. The first-order chi connectivity index (χ1) is 6.27. The van der Waals surface area contributed by atoms with Crippen molar-refractivity contribution in [2.75, 3.05) is 0 Å². The summed E-state index contributed by atoms with van der Waals surface area (Å²) in [6.07, 6.45) is 0.641. The van der Waals surface area contributed by atoms with Crippen LogP contribution >= 0.6 is 12.4 Å². The number of carbonyl (C=O) groups excluding carboxylic acids is 1. The van der Waals surface area contributed by atoms with Crippen molar-refractivity contribution in [3.63, 3.8) is 0 Å². The fourth-order valence-electron chi connectivity index (χ4n) is 1.57. The van der Waals surface area contributed by atoms with Crippen molar-refractivity contribution in [1.29, 1.82) is 0 Å². The number of rotatable bonds is 0. The highest BCUT2D eigenvalue weighted by atomic mass is 35.5. The van der Waals surface area contributed by atoms with Gasteiger partial charge in [0.15, 0.2) is 0 Å². The predicted molar refractivity (Wildman–Crippen MR) is 57.2 cm³/mol. The first-order valence-corrected chi connectivity index (χ1v) is 4.37. The quantitative estimate of drug-likeness (QED) is 0.662. The number of amides is 1. The zero-order valence-corrected chi connectivity index (χ0v) is 8.51. The van der Waals surface area contributed by atoms with Crippen LogP contribution in [-0.2, 0) is 17.8 Å². The molecule has 0 spiro atoms. The van der Waals surface area contributed by atoms with Crippen molar-refractivity contribution < 1.29 is 4.79 Å². The molecule has 14 heavy (non-hydrogen) atoms. The van der Waals surface area contributed by atoms with Crippen LogP contribution in [0.15, 0.2) is 24.3 Å². The summed E-state index contributed by atoms with van der Waals surface area (Å²) in [4.78, 5) is 11.2. The number of hydrogen-bond acceptors (Lipinski definition) is 2. The van der Waals surface area contributed by atoms with E-state index in [1.807, 2.05) is 24.3 Å². The molecule has 0 bridgehead atoms. The summed E-state index contributed by atoms with van der Waals surface area (Å²) < 4.78 is 0. The van der Waals surface area contributed by atoms with Crippen LogP contribution < -0.4 is 11.1 Å². The second-order valence-electron chi connectivity index (χ2n) is 3.30. The van der Waals surface area contributed by atoms with Crippen molar-refractivity contribution in [3.05, 3.63) is 35.4 Å². The van der Waals surface area contributed by atoms with E-state index in [4.69, 9.17) is 5.73 Å². The molecule has 1 amide bonds. The van der Waals surface area contributed by atoms with Crippen molar-refractivity contribution in [3.8, 4) is 0 Å². The molecule has 76 valence electrons. The number of carbonyl (C=O) groups is 1. The molecule has 2 rings (SSSR count). The highest BCUT2D eigenvalue weighted by Crippen LogP contribution is 2.13. The Morgan fingerprint density at radius 2 is 1.93 bits per heavy atom. The van der Waals surface area contributed by atoms with Gasteiger partial charge in [0.25, 0.3) is 0 Å². The Bertz CT molecular complexity index is 341. The van der Waals surface area contributed by atoms with E-state index >= 15 is 0 Å². The van der Waals surface area contributed by atoms with E-state index in [2.05, 4.69) is 5.32 Å². The van der Waals surface area contributed by atoms with Gasteiger partial charge in [0.05, 0.1) is 6.04 Å². The molecule has 0 aliphatic carbocycles. The van der Waals surface area contributed by atoms with Crippen molar-refractivity contribution in [2.24, 2.45) is 5.73 Å². The lowest BCUT2D eigenvalue weighted by Crippen LogP contribution is -2.39. The molecule has 1 aliphatic heterocycles. The Balaban J connectivity index is 0.000000980. The largest absolute Gasteiger partial charge is 0.351 e. The highest BCUT2D eigenvalue weighted by Gasteiger charge is 2.19. The van der Waals surface area contributed by atoms with Gasteiger partial charge in [-0.25, -0.2) is 0 Å². The van der Waals surface area contributed by atoms with Crippen LogP contribution in [-0.4, -0.2) is 11.9 Å². The second-order valence-corrected chi connectivity index (χ2v) is 3.30. The average molecular weight is 213 g/mol. The second kappa shape index (κ2) is 4.44. The molecule has 1 aromatic carbocycles. The van der Waals surface area contributed by atoms with Crippen LogP contribution in [0.25, 0.3) is 0 Å². The standard InChI is InChI=1S/C10H12N2O.ClH/c11-9-5-7-3-1-2-4-8(7)6-12-10(9)13;/h1-4,9H,5-6,11H2,(H,12,13);1H. The van der Waals surface area contributed by atoms with Crippen molar-refractivity contribution >= 4 is 18.3 Å². The molecular weight excluding hydrogens is 200 g/mol. The Labute approximate surface area is 89.1 Å². The van der Waals surface area contributed by atoms with Crippen molar-refractivity contribution in [2.45, 2.75) is 19.0 Å². The highest BCUT2D eigenvalue weighted by molar-refractivity contribution is 5.85. The minimum atomic E-state index is -0.399. The van der Waals surface area contributed by atoms with Gasteiger partial charge in [-0.2, -0.15) is 0 Å². The number of nitrogens with two attached hydrogens (primary N) is 1. The summed E-state index contributed by atoms with van der Waals surface area (Å²) in [5.41, 5.74) is 8.03. The van der Waals surface area contributed by atoms with E-state index in [0.717, 1.165) is 0 Å². The molecule has 0 saturated carbocycles. The van der Waals surface area contributed by atoms with Crippen molar-refractivity contribution in [1.82, 2.24) is 5.32 Å². The van der Waals surface area contributed by atoms with Gasteiger partial charge < -0.3 is 11.1 Å². The number of hydrogen-bond donors (Lipinski definition) is 2. The zero-order chi connectivity index (χ0) is 9.26. The van der Waals surface area contributed by atoms with Gasteiger partial charge in [0, 0.05) is 6.54 Å². The molecule has 0 fully saturated rings. The molecule has 1 unspecified atom stereocenters. The number of fused-ring (bicyclic) bond motifs is 1. The molecule has 3 nitrogen and oxygen atoms in total. The number of nitrogens with one attached hydrogen (secondary N) is 1. The first-order valence-electron chi connectivity index (χ1n) is 4.37. The molecule has 1 heterocycles. The minimum Gasteiger partial charge on any atom is -0.351 e. The van der Waals surface area contributed by atoms with Crippen LogP contribution in [0.1, 0.15) is 11.1 Å². The Morgan fingerprint density at radius 3 is 2.64 bits per heavy atom. The van der Waals surface area contributed by atoms with E-state index in [1.165, 1.54) is 11.1 Å². The number of benzene rings is 1. The maximum Gasteiger partial charge on any atom is 0.237 e. The van der Waals surface area contributed by atoms with Crippen LogP contribution in [0, 0.1) is 0 Å². The zero-order valence-electron chi connectivity index (χ0n) is 7.69. The van der Waals surface area contributed by atoms with E-state index in [1.54, 1.807) is 0 Å². The molecule has 0 radical (unpaired) electrons. The molecule has 4 heteroatoms. The SMILES string of the molecule is Cl.NC1Cc2ccccc2CNC1=O. The van der Waals surface area contributed by atoms with Gasteiger partial charge in [-0.15, -0.1) is 12.4 Å². The Kier molecular flexibility index (Phi) is 3.49. The van der Waals surface area contributed by atoms with Gasteiger partial charge in [-0.05, 0) is 17.5 Å². The normalized spacial score (nSPS) is 20.1. The molecule has 1 atom stereocenters. The predicted octanol–water partition coefficient (Wildman–Crippen LogP) is 0.608. The molecule has 1 aromatic rings. The van der Waals surface area contributed by atoms with E-state index in [0.29, 0.717) is 13.0 Å². The topological polar surface area (TPSA) is 55.1 Å². The van der Waals surface area contributed by atoms with E-state index in [9.17, 15) is 4.79 Å². The summed E-state index contributed by atoms with van der Waals surface area (Å²) in [5.74, 6) is -0.0591. The summed E-state index contributed by atoms with van der Waals surface area (Å²) in [6.45, 7) is 0.600. The van der Waals surface area contributed by atoms with Crippen LogP contribution in [0.2, 0.25) is 0 Å². The summed E-state index contributed by atoms with van der Waals surface area (Å²) >= 11 is 0. The average Bonchev–Trinajstić information content (AvgIpc) is 2.28. The fraction of sp³-hybridized carbons (Fsp3) is 0.300. The van der Waals surface area contributed by atoms with Gasteiger partial charge in [0.2, 0.25) is 5.91 Å². The smallest absolute Gasteiger partial charge is 0.237 e. The van der Waals surface area contributed by atoms with Crippen LogP contribution in [0.5, 0.6) is 0 Å². The monoisotopic (exact) mass is 212 g/mol. The van der Waals surface area contributed by atoms with E-state index in [-0.39, 0.29) is 18.3 Å². The lowest BCUT2D eigenvalue weighted by Gasteiger charge is -2.05. The molecular formula is C10H13ClN2O. The summed E-state index contributed by atoms with van der Waals surface area (Å²) in [5, 5.41) is 2.79. The Morgan fingerprint density at radius 1 is 1.29 bits per heavy atom. The maximum atomic E-state index is 11.2. The third-order valence-corrected chi connectivity index (χ3v) is 2.35. The lowest BCUT2D eigenvalue weighted by molar-refractivity contribution is -0.122. The van der Waals surface area contributed by atoms with Gasteiger partial charge in [-0.3, -0.25) is 4.79 Å². The third-order valence-electron chi connectivity index (χ3n) is 2.35. The summed E-state index contributed by atoms with van der Waals surface area (Å²) in [7, 11) is 0. The lowest BCUT2D eigenvalue weighted by atomic mass is 10.0. The van der Waals surface area contributed by atoms with Crippen LogP contribution in [0.4, 0.5) is 0 Å².